The molecule has 2 heteroatoms. The summed E-state index contributed by atoms with van der Waals surface area (Å²) in [4.78, 5) is 0. The number of hydrogen-bond donors (Lipinski definition) is 1. The fraction of sp³-hybridized carbons (Fsp3) is 0.538. The first-order valence-electron chi connectivity index (χ1n) is 5.36. The maximum absolute atomic E-state index is 5.52. The number of unbranched alkanes of at least 4 members (excludes halogenated alkanes) is 1. The van der Waals surface area contributed by atoms with Gasteiger partial charge in [-0.1, -0.05) is 0 Å². The molecule has 0 aliphatic carbocycles. The summed E-state index contributed by atoms with van der Waals surface area (Å²) in [5, 5.41) is 3.30. The van der Waals surface area contributed by atoms with Gasteiger partial charge < -0.3 is 9.73 Å². The molecule has 1 N–H and O–H groups in total. The van der Waals surface area contributed by atoms with Gasteiger partial charge in [-0.15, -0.1) is 12.3 Å². The topological polar surface area (TPSA) is 25.2 Å². The van der Waals surface area contributed by atoms with E-state index in [4.69, 9.17) is 10.8 Å². The monoisotopic (exact) mass is 205 g/mol. The quantitative estimate of drug-likeness (QED) is 0.590. The lowest BCUT2D eigenvalue weighted by Gasteiger charge is -2.14. The van der Waals surface area contributed by atoms with Gasteiger partial charge in [-0.25, -0.2) is 0 Å². The van der Waals surface area contributed by atoms with Crippen LogP contribution in [0, 0.1) is 26.2 Å². The molecule has 82 valence electrons. The van der Waals surface area contributed by atoms with Gasteiger partial charge >= 0.3 is 0 Å². The fourth-order valence-electron chi connectivity index (χ4n) is 1.86. The van der Waals surface area contributed by atoms with Crippen molar-refractivity contribution < 1.29 is 4.42 Å². The first-order valence-corrected chi connectivity index (χ1v) is 5.36. The number of nitrogens with one attached hydrogen (secondary N) is 1. The number of aryl methyl sites for hydroxylation is 2. The zero-order valence-corrected chi connectivity index (χ0v) is 9.76. The van der Waals surface area contributed by atoms with Crippen molar-refractivity contribution >= 4 is 0 Å². The molecule has 0 aliphatic rings. The summed E-state index contributed by atoms with van der Waals surface area (Å²) in [7, 11) is 1.97. The molecule has 2 nitrogen and oxygen atoms in total. The molecule has 0 spiro atoms. The van der Waals surface area contributed by atoms with E-state index in [9.17, 15) is 0 Å². The zero-order chi connectivity index (χ0) is 11.3. The van der Waals surface area contributed by atoms with Crippen LogP contribution in [0.5, 0.6) is 0 Å². The van der Waals surface area contributed by atoms with Crippen LogP contribution in [0.15, 0.2) is 10.5 Å². The van der Waals surface area contributed by atoms with E-state index in [1.54, 1.807) is 0 Å². The second-order valence-corrected chi connectivity index (χ2v) is 3.81. The number of terminal acetylenes is 1. The smallest absolute Gasteiger partial charge is 0.105 e. The van der Waals surface area contributed by atoms with Crippen LogP contribution in [-0.2, 0) is 0 Å². The Hall–Kier alpha value is -1.20. The highest BCUT2D eigenvalue weighted by Gasteiger charge is 2.14. The van der Waals surface area contributed by atoms with Crippen LogP contribution in [0.1, 0.15) is 42.4 Å². The van der Waals surface area contributed by atoms with Gasteiger partial charge in [0.25, 0.3) is 0 Å². The summed E-state index contributed by atoms with van der Waals surface area (Å²) < 4.78 is 5.52. The minimum atomic E-state index is 0.357. The highest BCUT2D eigenvalue weighted by atomic mass is 16.3. The maximum atomic E-state index is 5.52. The minimum Gasteiger partial charge on any atom is -0.466 e. The van der Waals surface area contributed by atoms with Gasteiger partial charge in [-0.05, 0) is 39.8 Å². The minimum absolute atomic E-state index is 0.357. The summed E-state index contributed by atoms with van der Waals surface area (Å²) in [5.41, 5.74) is 1.26. The largest absolute Gasteiger partial charge is 0.466 e. The first kappa shape index (κ1) is 11.9. The predicted octanol–water partition coefficient (Wildman–Crippen LogP) is 2.96. The molecule has 1 aromatic rings. The molecule has 1 rings (SSSR count). The molecule has 0 radical (unpaired) electrons. The average Bonchev–Trinajstić information content (AvgIpc) is 2.53. The van der Waals surface area contributed by atoms with Gasteiger partial charge in [0.05, 0.1) is 0 Å². The van der Waals surface area contributed by atoms with Crippen LogP contribution in [0.2, 0.25) is 0 Å². The molecule has 15 heavy (non-hydrogen) atoms. The van der Waals surface area contributed by atoms with E-state index < -0.39 is 0 Å². The molecule has 0 amide bonds. The standard InChI is InChI=1S/C13H19NO/c1-5-6-7-8-13(14-4)12-9-10(2)15-11(12)3/h1,9,13-14H,6-8H2,2-4H3. The van der Waals surface area contributed by atoms with Gasteiger partial charge in [-0.2, -0.15) is 0 Å². The van der Waals surface area contributed by atoms with Crippen LogP contribution in [-0.4, -0.2) is 7.05 Å². The normalized spacial score (nSPS) is 12.4. The van der Waals surface area contributed by atoms with Crippen molar-refractivity contribution in [2.24, 2.45) is 0 Å². The lowest BCUT2D eigenvalue weighted by atomic mass is 10.0. The summed E-state index contributed by atoms with van der Waals surface area (Å²) in [6, 6.07) is 2.46. The van der Waals surface area contributed by atoms with Gasteiger partial charge in [0.2, 0.25) is 0 Å². The van der Waals surface area contributed by atoms with Crippen molar-refractivity contribution in [3.8, 4) is 12.3 Å². The predicted molar refractivity (Wildman–Crippen MR) is 62.7 cm³/mol. The third-order valence-electron chi connectivity index (χ3n) is 2.62. The SMILES string of the molecule is C#CCCCC(NC)c1cc(C)oc1C. The molecule has 0 saturated heterocycles. The zero-order valence-electron chi connectivity index (χ0n) is 9.76. The van der Waals surface area contributed by atoms with Crippen molar-refractivity contribution in [2.45, 2.75) is 39.2 Å². The molecular formula is C13H19NO. The summed E-state index contributed by atoms with van der Waals surface area (Å²) >= 11 is 0. The number of furan rings is 1. The number of rotatable bonds is 5. The molecule has 0 bridgehead atoms. The molecule has 0 fully saturated rings. The molecule has 0 aliphatic heterocycles. The van der Waals surface area contributed by atoms with Crippen LogP contribution >= 0.6 is 0 Å². The molecule has 1 aromatic heterocycles. The summed E-state index contributed by atoms with van der Waals surface area (Å²) in [5.74, 6) is 4.65. The molecule has 0 aromatic carbocycles. The van der Waals surface area contributed by atoms with Gasteiger partial charge in [0, 0.05) is 18.0 Å². The van der Waals surface area contributed by atoms with E-state index in [-0.39, 0.29) is 0 Å². The van der Waals surface area contributed by atoms with Gasteiger partial charge in [0.1, 0.15) is 11.5 Å². The van der Waals surface area contributed by atoms with Crippen molar-refractivity contribution in [2.75, 3.05) is 7.05 Å². The lowest BCUT2D eigenvalue weighted by Crippen LogP contribution is -2.16. The van der Waals surface area contributed by atoms with E-state index in [1.807, 2.05) is 20.9 Å². The van der Waals surface area contributed by atoms with Gasteiger partial charge in [0.15, 0.2) is 0 Å². The van der Waals surface area contributed by atoms with Gasteiger partial charge in [-0.3, -0.25) is 0 Å². The molecule has 1 unspecified atom stereocenters. The lowest BCUT2D eigenvalue weighted by molar-refractivity contribution is 0.480. The average molecular weight is 205 g/mol. The summed E-state index contributed by atoms with van der Waals surface area (Å²) in [6.07, 6.45) is 8.18. The Labute approximate surface area is 92.1 Å². The molecular weight excluding hydrogens is 186 g/mol. The van der Waals surface area contributed by atoms with Crippen LogP contribution < -0.4 is 5.32 Å². The Morgan fingerprint density at radius 3 is 2.73 bits per heavy atom. The third-order valence-corrected chi connectivity index (χ3v) is 2.62. The van der Waals surface area contributed by atoms with Crippen molar-refractivity contribution in [1.29, 1.82) is 0 Å². The molecule has 0 saturated carbocycles. The van der Waals surface area contributed by atoms with E-state index in [1.165, 1.54) is 5.56 Å². The van der Waals surface area contributed by atoms with E-state index in [0.717, 1.165) is 30.8 Å². The number of hydrogen-bond acceptors (Lipinski definition) is 2. The van der Waals surface area contributed by atoms with E-state index in [0.29, 0.717) is 6.04 Å². The van der Waals surface area contributed by atoms with Crippen molar-refractivity contribution in [1.82, 2.24) is 5.32 Å². The fourth-order valence-corrected chi connectivity index (χ4v) is 1.86. The van der Waals surface area contributed by atoms with Crippen molar-refractivity contribution in [3.05, 3.63) is 23.2 Å². The Balaban J connectivity index is 2.66. The molecule has 1 atom stereocenters. The van der Waals surface area contributed by atoms with Crippen LogP contribution in [0.4, 0.5) is 0 Å². The maximum Gasteiger partial charge on any atom is 0.105 e. The highest BCUT2D eigenvalue weighted by molar-refractivity contribution is 5.23. The Kier molecular flexibility index (Phi) is 4.45. The summed E-state index contributed by atoms with van der Waals surface area (Å²) in [6.45, 7) is 3.98. The van der Waals surface area contributed by atoms with Crippen LogP contribution in [0.3, 0.4) is 0 Å². The van der Waals surface area contributed by atoms with E-state index >= 15 is 0 Å². The molecule has 1 heterocycles. The Morgan fingerprint density at radius 1 is 1.53 bits per heavy atom. The van der Waals surface area contributed by atoms with E-state index in [2.05, 4.69) is 17.3 Å². The Bertz CT molecular complexity index is 346. The third kappa shape index (κ3) is 3.14. The van der Waals surface area contributed by atoms with Crippen molar-refractivity contribution in [3.63, 3.8) is 0 Å². The van der Waals surface area contributed by atoms with Crippen LogP contribution in [0.25, 0.3) is 0 Å². The second kappa shape index (κ2) is 5.63. The Morgan fingerprint density at radius 2 is 2.27 bits per heavy atom. The second-order valence-electron chi connectivity index (χ2n) is 3.81. The highest BCUT2D eigenvalue weighted by Crippen LogP contribution is 2.25. The first-order chi connectivity index (χ1) is 7.19.